The van der Waals surface area contributed by atoms with Crippen molar-refractivity contribution in [1.29, 1.82) is 0 Å². The van der Waals surface area contributed by atoms with Gasteiger partial charge in [-0.3, -0.25) is 9.48 Å². The number of nitrogens with one attached hydrogen (secondary N) is 2. The number of aromatic amines is 1. The van der Waals surface area contributed by atoms with Crippen molar-refractivity contribution in [1.82, 2.24) is 24.5 Å². The second-order valence-corrected chi connectivity index (χ2v) is 5.69. The molecule has 0 atom stereocenters. The molecule has 0 saturated carbocycles. The first-order chi connectivity index (χ1) is 11.5. The summed E-state index contributed by atoms with van der Waals surface area (Å²) in [5.74, 6) is -0.249. The quantitative estimate of drug-likeness (QED) is 0.765. The van der Waals surface area contributed by atoms with E-state index < -0.39 is 0 Å². The number of benzene rings is 1. The number of rotatable bonds is 4. The van der Waals surface area contributed by atoms with Crippen molar-refractivity contribution < 1.29 is 4.79 Å². The third kappa shape index (κ3) is 2.73. The zero-order valence-electron chi connectivity index (χ0n) is 13.6. The van der Waals surface area contributed by atoms with Gasteiger partial charge in [0, 0.05) is 17.9 Å². The summed E-state index contributed by atoms with van der Waals surface area (Å²) in [7, 11) is 0. The van der Waals surface area contributed by atoms with Crippen molar-refractivity contribution in [3.63, 3.8) is 0 Å². The van der Waals surface area contributed by atoms with Crippen LogP contribution < -0.4 is 11.0 Å². The van der Waals surface area contributed by atoms with Crippen LogP contribution in [0.4, 0.5) is 5.69 Å². The summed E-state index contributed by atoms with van der Waals surface area (Å²) in [6, 6.07) is 7.11. The first kappa shape index (κ1) is 15.7. The van der Waals surface area contributed by atoms with Crippen LogP contribution in [0.1, 0.15) is 35.9 Å². The van der Waals surface area contributed by atoms with Gasteiger partial charge in [0.25, 0.3) is 5.91 Å². The highest BCUT2D eigenvalue weighted by molar-refractivity contribution is 6.03. The maximum Gasteiger partial charge on any atom is 0.347 e. The predicted octanol–water partition coefficient (Wildman–Crippen LogP) is 1.90. The molecule has 3 aromatic rings. The normalized spacial score (nSPS) is 11.0. The maximum absolute atomic E-state index is 12.6. The number of hydrogen-bond acceptors (Lipinski definition) is 4. The minimum atomic E-state index is -0.334. The molecule has 0 spiro atoms. The minimum absolute atomic E-state index is 0.0812. The Bertz CT molecular complexity index is 934. The lowest BCUT2D eigenvalue weighted by Crippen LogP contribution is -2.20. The molecule has 0 aliphatic rings. The van der Waals surface area contributed by atoms with Crippen LogP contribution in [-0.2, 0) is 0 Å². The fraction of sp³-hybridized carbons (Fsp3) is 0.250. The molecular formula is C16H18N6O2. The van der Waals surface area contributed by atoms with Gasteiger partial charge in [0.05, 0.1) is 5.69 Å². The Hall–Kier alpha value is -3.16. The van der Waals surface area contributed by atoms with Crippen LogP contribution in [0.15, 0.2) is 41.6 Å². The zero-order chi connectivity index (χ0) is 17.3. The Morgan fingerprint density at radius 2 is 2.08 bits per heavy atom. The number of carbonyl (C=O) groups excluding carboxylic acids is 1. The van der Waals surface area contributed by atoms with E-state index in [1.54, 1.807) is 35.1 Å². The Morgan fingerprint density at radius 3 is 2.75 bits per heavy atom. The number of aromatic nitrogens is 5. The van der Waals surface area contributed by atoms with Gasteiger partial charge in [0.15, 0.2) is 0 Å². The highest BCUT2D eigenvalue weighted by Gasteiger charge is 2.16. The number of nitrogens with zero attached hydrogens (tertiary/aromatic N) is 4. The lowest BCUT2D eigenvalue weighted by Gasteiger charge is -2.14. The third-order valence-corrected chi connectivity index (χ3v) is 3.76. The monoisotopic (exact) mass is 326 g/mol. The molecule has 8 heteroatoms. The summed E-state index contributed by atoms with van der Waals surface area (Å²) in [4.78, 5) is 24.3. The molecule has 2 N–H and O–H groups in total. The van der Waals surface area contributed by atoms with E-state index in [1.165, 1.54) is 10.9 Å². The van der Waals surface area contributed by atoms with Crippen LogP contribution in [-0.4, -0.2) is 30.5 Å². The van der Waals surface area contributed by atoms with Gasteiger partial charge in [-0.1, -0.05) is 6.07 Å². The molecule has 24 heavy (non-hydrogen) atoms. The summed E-state index contributed by atoms with van der Waals surface area (Å²) in [6.07, 6.45) is 3.01. The van der Waals surface area contributed by atoms with E-state index in [4.69, 9.17) is 0 Å². The van der Waals surface area contributed by atoms with Crippen molar-refractivity contribution in [2.24, 2.45) is 0 Å². The average Bonchev–Trinajstić information content (AvgIpc) is 3.18. The van der Waals surface area contributed by atoms with Crippen molar-refractivity contribution in [3.05, 3.63) is 58.5 Å². The van der Waals surface area contributed by atoms with Crippen molar-refractivity contribution in [3.8, 4) is 5.69 Å². The first-order valence-electron chi connectivity index (χ1n) is 7.56. The molecule has 0 radical (unpaired) electrons. The molecule has 0 fully saturated rings. The molecule has 0 aliphatic heterocycles. The topological polar surface area (TPSA) is 97.6 Å². The summed E-state index contributed by atoms with van der Waals surface area (Å²) in [6.45, 7) is 5.76. The Morgan fingerprint density at radius 1 is 1.29 bits per heavy atom. The lowest BCUT2D eigenvalue weighted by atomic mass is 10.1. The fourth-order valence-electron chi connectivity index (χ4n) is 2.53. The average molecular weight is 326 g/mol. The molecule has 0 unspecified atom stereocenters. The molecule has 124 valence electrons. The van der Waals surface area contributed by atoms with Gasteiger partial charge in [0.1, 0.15) is 12.0 Å². The zero-order valence-corrected chi connectivity index (χ0v) is 13.6. The largest absolute Gasteiger partial charge is 0.347 e. The van der Waals surface area contributed by atoms with Crippen LogP contribution in [0, 0.1) is 6.92 Å². The fourth-order valence-corrected chi connectivity index (χ4v) is 2.53. The van der Waals surface area contributed by atoms with E-state index in [0.717, 1.165) is 5.56 Å². The Labute approximate surface area is 138 Å². The van der Waals surface area contributed by atoms with Gasteiger partial charge < -0.3 is 5.32 Å². The van der Waals surface area contributed by atoms with Crippen LogP contribution in [0.2, 0.25) is 0 Å². The maximum atomic E-state index is 12.6. The second-order valence-electron chi connectivity index (χ2n) is 5.69. The molecule has 2 heterocycles. The second kappa shape index (κ2) is 6.15. The van der Waals surface area contributed by atoms with Crippen LogP contribution >= 0.6 is 0 Å². The Balaban J connectivity index is 1.94. The standard InChI is InChI=1S/C16H18N6O2/c1-10(2)22-14(7-8-18-22)15(23)19-12-5-4-6-13(11(12)3)21-9-17-20-16(21)24/h4-10H,1-3H3,(H,19,23)(H,20,24). The van der Waals surface area contributed by atoms with Crippen molar-refractivity contribution in [2.45, 2.75) is 26.8 Å². The SMILES string of the molecule is Cc1c(NC(=O)c2ccnn2C(C)C)cccc1-n1cn[nH]c1=O. The molecule has 2 aromatic heterocycles. The summed E-state index contributed by atoms with van der Waals surface area (Å²) in [5.41, 5.74) is 2.20. The smallest absolute Gasteiger partial charge is 0.320 e. The molecule has 1 amide bonds. The molecule has 3 rings (SSSR count). The first-order valence-corrected chi connectivity index (χ1v) is 7.56. The van der Waals surface area contributed by atoms with Crippen LogP contribution in [0.25, 0.3) is 5.69 Å². The number of carbonyl (C=O) groups is 1. The van der Waals surface area contributed by atoms with E-state index in [0.29, 0.717) is 17.1 Å². The molecule has 0 saturated heterocycles. The third-order valence-electron chi connectivity index (χ3n) is 3.76. The van der Waals surface area contributed by atoms with E-state index in [2.05, 4.69) is 20.6 Å². The van der Waals surface area contributed by atoms with Crippen molar-refractivity contribution >= 4 is 11.6 Å². The number of H-pyrrole nitrogens is 1. The summed E-state index contributed by atoms with van der Waals surface area (Å²) >= 11 is 0. The summed E-state index contributed by atoms with van der Waals surface area (Å²) in [5, 5.41) is 13.1. The van der Waals surface area contributed by atoms with Crippen LogP contribution in [0.3, 0.4) is 0 Å². The molecule has 1 aromatic carbocycles. The van der Waals surface area contributed by atoms with Gasteiger partial charge in [-0.25, -0.2) is 14.5 Å². The Kier molecular flexibility index (Phi) is 4.03. The van der Waals surface area contributed by atoms with Gasteiger partial charge in [-0.15, -0.1) is 0 Å². The van der Waals surface area contributed by atoms with E-state index in [-0.39, 0.29) is 17.6 Å². The van der Waals surface area contributed by atoms with Gasteiger partial charge in [0.2, 0.25) is 0 Å². The molecule has 0 aliphatic carbocycles. The highest BCUT2D eigenvalue weighted by Crippen LogP contribution is 2.22. The van der Waals surface area contributed by atoms with Crippen molar-refractivity contribution in [2.75, 3.05) is 5.32 Å². The highest BCUT2D eigenvalue weighted by atomic mass is 16.2. The predicted molar refractivity (Wildman–Crippen MR) is 89.5 cm³/mol. The lowest BCUT2D eigenvalue weighted by molar-refractivity contribution is 0.101. The van der Waals surface area contributed by atoms with Gasteiger partial charge in [-0.2, -0.15) is 10.2 Å². The van der Waals surface area contributed by atoms with Gasteiger partial charge in [-0.05, 0) is 44.5 Å². The van der Waals surface area contributed by atoms with E-state index in [9.17, 15) is 9.59 Å². The number of amides is 1. The molecule has 0 bridgehead atoms. The van der Waals surface area contributed by atoms with Gasteiger partial charge >= 0.3 is 5.69 Å². The summed E-state index contributed by atoms with van der Waals surface area (Å²) < 4.78 is 3.05. The minimum Gasteiger partial charge on any atom is -0.320 e. The molecular weight excluding hydrogens is 308 g/mol. The van der Waals surface area contributed by atoms with E-state index in [1.807, 2.05) is 20.8 Å². The van der Waals surface area contributed by atoms with E-state index >= 15 is 0 Å². The van der Waals surface area contributed by atoms with Crippen LogP contribution in [0.5, 0.6) is 0 Å². The number of anilines is 1. The number of hydrogen-bond donors (Lipinski definition) is 2. The molecule has 8 nitrogen and oxygen atoms in total.